The highest BCUT2D eigenvalue weighted by Gasteiger charge is 2.26. The minimum atomic E-state index is 0.0318. The molecule has 8 nitrogen and oxygen atoms in total. The number of aromatic nitrogens is 3. The Kier molecular flexibility index (Phi) is 5.18. The Morgan fingerprint density at radius 3 is 2.73 bits per heavy atom. The number of amides is 2. The van der Waals surface area contributed by atoms with Gasteiger partial charge in [0.2, 0.25) is 5.95 Å². The van der Waals surface area contributed by atoms with E-state index in [1.807, 2.05) is 35.4 Å². The molecule has 2 aromatic heterocycles. The molecule has 3 aromatic rings. The first-order valence-corrected chi connectivity index (χ1v) is 10.7. The van der Waals surface area contributed by atoms with Gasteiger partial charge in [-0.2, -0.15) is 0 Å². The zero-order valence-corrected chi connectivity index (χ0v) is 17.2. The number of aromatic amines is 1. The van der Waals surface area contributed by atoms with Crippen molar-refractivity contribution in [3.05, 3.63) is 41.7 Å². The molecular weight excluding hydrogens is 402 g/mol. The van der Waals surface area contributed by atoms with Gasteiger partial charge in [-0.15, -0.1) is 0 Å². The van der Waals surface area contributed by atoms with Crippen LogP contribution in [0.15, 0.2) is 36.7 Å². The van der Waals surface area contributed by atoms with Crippen LogP contribution in [-0.4, -0.2) is 64.1 Å². The third kappa shape index (κ3) is 3.80. The minimum absolute atomic E-state index is 0.0318. The number of benzene rings is 1. The number of anilines is 1. The minimum Gasteiger partial charge on any atom is -0.360 e. The van der Waals surface area contributed by atoms with Gasteiger partial charge < -0.3 is 25.8 Å². The molecule has 0 radical (unpaired) electrons. The lowest BCUT2D eigenvalue weighted by atomic mass is 10.1. The molecule has 5 rings (SSSR count). The number of hydrogen-bond acceptors (Lipinski definition) is 5. The van der Waals surface area contributed by atoms with Gasteiger partial charge in [0, 0.05) is 54.9 Å². The molecule has 2 aliphatic rings. The van der Waals surface area contributed by atoms with Crippen molar-refractivity contribution < 1.29 is 4.79 Å². The quantitative estimate of drug-likeness (QED) is 0.515. The van der Waals surface area contributed by atoms with E-state index in [-0.39, 0.29) is 18.1 Å². The highest BCUT2D eigenvalue weighted by Crippen LogP contribution is 2.32. The van der Waals surface area contributed by atoms with Gasteiger partial charge in [-0.3, -0.25) is 0 Å². The van der Waals surface area contributed by atoms with E-state index in [4.69, 9.17) is 16.6 Å². The summed E-state index contributed by atoms with van der Waals surface area (Å²) in [6, 6.07) is 8.58. The normalized spacial score (nSPS) is 17.7. The van der Waals surface area contributed by atoms with Gasteiger partial charge in [-0.25, -0.2) is 14.8 Å². The van der Waals surface area contributed by atoms with E-state index in [0.29, 0.717) is 29.8 Å². The monoisotopic (exact) mass is 425 g/mol. The van der Waals surface area contributed by atoms with Crippen molar-refractivity contribution in [1.29, 1.82) is 0 Å². The molecule has 2 fully saturated rings. The average molecular weight is 426 g/mol. The zero-order chi connectivity index (χ0) is 20.5. The van der Waals surface area contributed by atoms with Crippen LogP contribution >= 0.6 is 11.6 Å². The molecule has 156 valence electrons. The van der Waals surface area contributed by atoms with Crippen LogP contribution in [0.25, 0.3) is 22.2 Å². The molecule has 4 heterocycles. The predicted molar refractivity (Wildman–Crippen MR) is 118 cm³/mol. The highest BCUT2D eigenvalue weighted by molar-refractivity contribution is 6.33. The summed E-state index contributed by atoms with van der Waals surface area (Å²) in [5.74, 6) is 0.558. The summed E-state index contributed by atoms with van der Waals surface area (Å²) in [6.07, 6.45) is 5.27. The number of nitrogens with one attached hydrogen (secondary N) is 4. The summed E-state index contributed by atoms with van der Waals surface area (Å²) in [4.78, 5) is 26.5. The van der Waals surface area contributed by atoms with E-state index < -0.39 is 0 Å². The van der Waals surface area contributed by atoms with Crippen LogP contribution in [0.4, 0.5) is 10.7 Å². The van der Waals surface area contributed by atoms with Crippen LogP contribution in [-0.2, 0) is 0 Å². The number of para-hydroxylation sites is 1. The maximum absolute atomic E-state index is 12.3. The van der Waals surface area contributed by atoms with Crippen molar-refractivity contribution in [2.24, 2.45) is 0 Å². The summed E-state index contributed by atoms with van der Waals surface area (Å²) < 4.78 is 0. The van der Waals surface area contributed by atoms with Crippen molar-refractivity contribution in [1.82, 2.24) is 30.5 Å². The molecule has 1 aromatic carbocycles. The third-order valence-electron chi connectivity index (χ3n) is 5.81. The molecule has 2 aliphatic heterocycles. The van der Waals surface area contributed by atoms with Gasteiger partial charge in [0.15, 0.2) is 0 Å². The number of halogens is 1. The van der Waals surface area contributed by atoms with Crippen LogP contribution in [0.5, 0.6) is 0 Å². The molecule has 2 saturated heterocycles. The lowest BCUT2D eigenvalue weighted by molar-refractivity contribution is 0.175. The van der Waals surface area contributed by atoms with Gasteiger partial charge in [-0.1, -0.05) is 29.8 Å². The molecule has 0 atom stereocenters. The third-order valence-corrected chi connectivity index (χ3v) is 6.09. The van der Waals surface area contributed by atoms with Crippen molar-refractivity contribution in [2.45, 2.75) is 24.9 Å². The molecular formula is C21H24ClN7O. The Morgan fingerprint density at radius 1 is 1.17 bits per heavy atom. The van der Waals surface area contributed by atoms with E-state index >= 15 is 0 Å². The van der Waals surface area contributed by atoms with Gasteiger partial charge in [0.1, 0.15) is 0 Å². The Labute approximate surface area is 179 Å². The SMILES string of the molecule is O=C(NC1CNC1)N1CCC(Nc2ncc(Cl)c(-c3c[nH]c4ccccc34)n2)CC1. The van der Waals surface area contributed by atoms with E-state index in [0.717, 1.165) is 42.4 Å². The second-order valence-corrected chi connectivity index (χ2v) is 8.26. The predicted octanol–water partition coefficient (Wildman–Crippen LogP) is 2.84. The van der Waals surface area contributed by atoms with E-state index in [1.165, 1.54) is 0 Å². The van der Waals surface area contributed by atoms with E-state index in [9.17, 15) is 4.79 Å². The van der Waals surface area contributed by atoms with Crippen LogP contribution in [0, 0.1) is 0 Å². The van der Waals surface area contributed by atoms with E-state index in [1.54, 1.807) is 6.20 Å². The largest absolute Gasteiger partial charge is 0.360 e. The van der Waals surface area contributed by atoms with Crippen LogP contribution in [0.1, 0.15) is 12.8 Å². The molecule has 2 amide bonds. The van der Waals surface area contributed by atoms with Crippen molar-refractivity contribution in [3.8, 4) is 11.3 Å². The number of piperidine rings is 1. The van der Waals surface area contributed by atoms with Gasteiger partial charge in [-0.05, 0) is 18.9 Å². The lowest BCUT2D eigenvalue weighted by Crippen LogP contribution is -2.60. The first-order chi connectivity index (χ1) is 14.7. The smallest absolute Gasteiger partial charge is 0.317 e. The number of carbonyl (C=O) groups is 1. The van der Waals surface area contributed by atoms with Crippen LogP contribution in [0.2, 0.25) is 5.02 Å². The van der Waals surface area contributed by atoms with Gasteiger partial charge in [0.25, 0.3) is 0 Å². The fraction of sp³-hybridized carbons (Fsp3) is 0.381. The zero-order valence-electron chi connectivity index (χ0n) is 16.5. The van der Waals surface area contributed by atoms with Gasteiger partial charge in [0.05, 0.1) is 23.0 Å². The molecule has 0 bridgehead atoms. The first kappa shape index (κ1) is 19.1. The summed E-state index contributed by atoms with van der Waals surface area (Å²) in [6.45, 7) is 3.14. The number of hydrogen-bond donors (Lipinski definition) is 4. The number of nitrogens with zero attached hydrogens (tertiary/aromatic N) is 3. The molecule has 0 spiro atoms. The summed E-state index contributed by atoms with van der Waals surface area (Å²) in [5.41, 5.74) is 2.70. The van der Waals surface area contributed by atoms with Crippen molar-refractivity contribution >= 4 is 34.5 Å². The number of likely N-dealkylation sites (tertiary alicyclic amines) is 1. The number of H-pyrrole nitrogens is 1. The second kappa shape index (κ2) is 8.12. The number of carbonyl (C=O) groups excluding carboxylic acids is 1. The van der Waals surface area contributed by atoms with Crippen LogP contribution in [0.3, 0.4) is 0 Å². The standard InChI is InChI=1S/C21H24ClN7O/c22-17-12-25-20(28-19(17)16-11-24-18-4-2-1-3-15(16)18)26-13-5-7-29(8-6-13)21(30)27-14-9-23-10-14/h1-4,11-14,23-24H,5-10H2,(H,27,30)(H,25,26,28). The lowest BCUT2D eigenvalue weighted by Gasteiger charge is -2.35. The van der Waals surface area contributed by atoms with Gasteiger partial charge >= 0.3 is 6.03 Å². The first-order valence-electron chi connectivity index (χ1n) is 10.3. The second-order valence-electron chi connectivity index (χ2n) is 7.85. The molecule has 0 unspecified atom stereocenters. The topological polar surface area (TPSA) is 98.0 Å². The average Bonchev–Trinajstić information content (AvgIpc) is 3.16. The molecule has 4 N–H and O–H groups in total. The molecule has 0 aliphatic carbocycles. The number of fused-ring (bicyclic) bond motifs is 1. The maximum atomic E-state index is 12.3. The molecule has 30 heavy (non-hydrogen) atoms. The summed E-state index contributed by atoms with van der Waals surface area (Å²) in [5, 5.41) is 11.2. The fourth-order valence-corrected chi connectivity index (χ4v) is 4.15. The van der Waals surface area contributed by atoms with E-state index in [2.05, 4.69) is 25.9 Å². The Morgan fingerprint density at radius 2 is 1.97 bits per heavy atom. The summed E-state index contributed by atoms with van der Waals surface area (Å²) in [7, 11) is 0. The van der Waals surface area contributed by atoms with Crippen molar-refractivity contribution in [3.63, 3.8) is 0 Å². The Hall–Kier alpha value is -2.84. The van der Waals surface area contributed by atoms with Crippen molar-refractivity contribution in [2.75, 3.05) is 31.5 Å². The van der Waals surface area contributed by atoms with Crippen LogP contribution < -0.4 is 16.0 Å². The number of urea groups is 1. The Balaban J connectivity index is 1.25. The maximum Gasteiger partial charge on any atom is 0.317 e. The highest BCUT2D eigenvalue weighted by atomic mass is 35.5. The fourth-order valence-electron chi connectivity index (χ4n) is 3.96. The number of rotatable bonds is 4. The summed E-state index contributed by atoms with van der Waals surface area (Å²) >= 11 is 6.42. The molecule has 9 heteroatoms. The molecule has 0 saturated carbocycles. The Bertz CT molecular complexity index is 1060.